The number of benzene rings is 1. The lowest BCUT2D eigenvalue weighted by Gasteiger charge is -2.35. The van der Waals surface area contributed by atoms with Crippen molar-refractivity contribution in [1.29, 1.82) is 0 Å². The number of rotatable bonds is 15. The molecule has 6 N–H and O–H groups in total. The third-order valence-electron chi connectivity index (χ3n) is 7.01. The second kappa shape index (κ2) is 15.0. The summed E-state index contributed by atoms with van der Waals surface area (Å²) in [4.78, 5) is 67.9. The van der Waals surface area contributed by atoms with E-state index in [9.17, 15) is 28.8 Å². The summed E-state index contributed by atoms with van der Waals surface area (Å²) < 4.78 is 15.6. The Morgan fingerprint density at radius 3 is 2.26 bits per heavy atom. The SMILES string of the molecule is CNC(=O)C(CCCC1CCCCC1)(CCC(=O)O)NC(=O)C(Cc1ccc(OP(=O)(O)O)cc1)NC(C)=O. The van der Waals surface area contributed by atoms with E-state index < -0.39 is 43.1 Å². The third kappa shape index (κ3) is 11.4. The molecule has 0 bridgehead atoms. The summed E-state index contributed by atoms with van der Waals surface area (Å²) >= 11 is 0. The predicted molar refractivity (Wildman–Crippen MR) is 143 cm³/mol. The molecule has 39 heavy (non-hydrogen) atoms. The Morgan fingerprint density at radius 1 is 1.08 bits per heavy atom. The highest BCUT2D eigenvalue weighted by Gasteiger charge is 2.41. The van der Waals surface area contributed by atoms with Crippen molar-refractivity contribution in [3.8, 4) is 5.75 Å². The van der Waals surface area contributed by atoms with Gasteiger partial charge < -0.3 is 25.6 Å². The van der Waals surface area contributed by atoms with Crippen molar-refractivity contribution in [1.82, 2.24) is 16.0 Å². The number of carboxylic acid groups (broad SMARTS) is 1. The number of likely N-dealkylation sites (N-methyl/N-ethyl adjacent to an activating group) is 1. The first-order valence-corrected chi connectivity index (χ1v) is 14.7. The molecular formula is C26H40N3O9P. The number of nitrogens with one attached hydrogen (secondary N) is 3. The number of hydrogen-bond donors (Lipinski definition) is 6. The van der Waals surface area contributed by atoms with E-state index in [1.165, 1.54) is 57.5 Å². The zero-order chi connectivity index (χ0) is 29.1. The average Bonchev–Trinajstić information content (AvgIpc) is 2.86. The maximum absolute atomic E-state index is 13.5. The van der Waals surface area contributed by atoms with Gasteiger partial charge in [-0.25, -0.2) is 4.57 Å². The average molecular weight is 570 g/mol. The number of hydrogen-bond acceptors (Lipinski definition) is 6. The molecule has 2 unspecified atom stereocenters. The van der Waals surface area contributed by atoms with E-state index in [2.05, 4.69) is 20.5 Å². The van der Waals surface area contributed by atoms with E-state index in [1.807, 2.05) is 0 Å². The summed E-state index contributed by atoms with van der Waals surface area (Å²) in [5, 5.41) is 17.3. The summed E-state index contributed by atoms with van der Waals surface area (Å²) in [6.07, 6.45) is 7.13. The summed E-state index contributed by atoms with van der Waals surface area (Å²) in [6, 6.07) is 4.54. The van der Waals surface area contributed by atoms with Crippen LogP contribution in [0.2, 0.25) is 0 Å². The molecule has 3 amide bonds. The molecule has 12 nitrogen and oxygen atoms in total. The van der Waals surface area contributed by atoms with Crippen LogP contribution in [0.15, 0.2) is 24.3 Å². The summed E-state index contributed by atoms with van der Waals surface area (Å²) in [5.74, 6) is -2.25. The number of phosphoric acid groups is 1. The Labute approximate surface area is 228 Å². The van der Waals surface area contributed by atoms with Crippen LogP contribution in [0.4, 0.5) is 0 Å². The molecule has 0 aromatic heterocycles. The fourth-order valence-corrected chi connectivity index (χ4v) is 5.50. The molecule has 2 atom stereocenters. The normalized spacial score (nSPS) is 16.4. The van der Waals surface area contributed by atoms with Crippen LogP contribution in [-0.4, -0.2) is 57.2 Å². The quantitative estimate of drug-likeness (QED) is 0.172. The summed E-state index contributed by atoms with van der Waals surface area (Å²) in [6.45, 7) is 1.25. The van der Waals surface area contributed by atoms with Gasteiger partial charge in [0.2, 0.25) is 17.7 Å². The van der Waals surface area contributed by atoms with E-state index in [0.29, 0.717) is 17.9 Å². The maximum atomic E-state index is 13.5. The van der Waals surface area contributed by atoms with Gasteiger partial charge in [0.05, 0.1) is 0 Å². The van der Waals surface area contributed by atoms with Crippen LogP contribution in [-0.2, 0) is 30.2 Å². The van der Waals surface area contributed by atoms with Crippen molar-refractivity contribution in [2.45, 2.75) is 89.1 Å². The van der Waals surface area contributed by atoms with Crippen molar-refractivity contribution >= 4 is 31.5 Å². The number of phosphoric ester groups is 1. The molecule has 0 radical (unpaired) electrons. The van der Waals surface area contributed by atoms with Crippen LogP contribution in [0.3, 0.4) is 0 Å². The molecular weight excluding hydrogens is 529 g/mol. The first-order chi connectivity index (χ1) is 18.3. The van der Waals surface area contributed by atoms with Gasteiger partial charge in [0, 0.05) is 26.8 Å². The number of amides is 3. The molecule has 1 aliphatic rings. The molecule has 0 heterocycles. The zero-order valence-corrected chi connectivity index (χ0v) is 23.4. The molecule has 0 spiro atoms. The molecule has 1 aliphatic carbocycles. The van der Waals surface area contributed by atoms with Crippen LogP contribution < -0.4 is 20.5 Å². The van der Waals surface area contributed by atoms with E-state index in [0.717, 1.165) is 19.3 Å². The van der Waals surface area contributed by atoms with E-state index in [-0.39, 0.29) is 31.4 Å². The number of carbonyl (C=O) groups is 4. The Bertz CT molecular complexity index is 1040. The van der Waals surface area contributed by atoms with Gasteiger partial charge in [-0.3, -0.25) is 29.0 Å². The number of aliphatic carboxylic acids is 1. The minimum atomic E-state index is -4.73. The van der Waals surface area contributed by atoms with Crippen LogP contribution in [0.5, 0.6) is 5.75 Å². The molecule has 218 valence electrons. The Balaban J connectivity index is 2.24. The van der Waals surface area contributed by atoms with E-state index >= 15 is 0 Å². The standard InChI is InChI=1S/C26H40N3O9P/c1-18(30)28-22(17-20-10-12-21(13-11-20)38-39(35,36)37)24(33)29-26(25(34)27-2,16-14-23(31)32)15-6-9-19-7-4-3-5-8-19/h10-13,19,22H,3-9,14-17H2,1-2H3,(H,27,34)(H,28,30)(H,29,33)(H,31,32)(H2,35,36,37). The lowest BCUT2D eigenvalue weighted by Crippen LogP contribution is -2.62. The molecule has 0 saturated heterocycles. The summed E-state index contributed by atoms with van der Waals surface area (Å²) in [5.41, 5.74) is -0.924. The Kier molecular flexibility index (Phi) is 12.4. The van der Waals surface area contributed by atoms with Gasteiger partial charge in [-0.05, 0) is 36.5 Å². The van der Waals surface area contributed by atoms with Gasteiger partial charge in [-0.1, -0.05) is 57.1 Å². The minimum Gasteiger partial charge on any atom is -0.481 e. The molecule has 1 aromatic carbocycles. The van der Waals surface area contributed by atoms with Gasteiger partial charge >= 0.3 is 13.8 Å². The van der Waals surface area contributed by atoms with Crippen molar-refractivity contribution < 1.29 is 43.2 Å². The highest BCUT2D eigenvalue weighted by atomic mass is 31.2. The molecule has 0 aliphatic heterocycles. The topological polar surface area (TPSA) is 191 Å². The predicted octanol–water partition coefficient (Wildman–Crippen LogP) is 2.42. The smallest absolute Gasteiger partial charge is 0.481 e. The zero-order valence-electron chi connectivity index (χ0n) is 22.5. The van der Waals surface area contributed by atoms with E-state index in [4.69, 9.17) is 9.79 Å². The maximum Gasteiger partial charge on any atom is 0.524 e. The van der Waals surface area contributed by atoms with Crippen LogP contribution in [0, 0.1) is 5.92 Å². The lowest BCUT2D eigenvalue weighted by atomic mass is 9.81. The highest BCUT2D eigenvalue weighted by Crippen LogP contribution is 2.37. The van der Waals surface area contributed by atoms with Gasteiger partial charge in [0.15, 0.2) is 0 Å². The van der Waals surface area contributed by atoms with Crippen LogP contribution in [0.1, 0.15) is 76.7 Å². The van der Waals surface area contributed by atoms with Gasteiger partial charge in [0.1, 0.15) is 17.3 Å². The Morgan fingerprint density at radius 2 is 1.72 bits per heavy atom. The van der Waals surface area contributed by atoms with Crippen molar-refractivity contribution in [2.24, 2.45) is 5.92 Å². The van der Waals surface area contributed by atoms with E-state index in [1.54, 1.807) is 0 Å². The van der Waals surface area contributed by atoms with Crippen LogP contribution in [0.25, 0.3) is 0 Å². The highest BCUT2D eigenvalue weighted by molar-refractivity contribution is 7.46. The first-order valence-electron chi connectivity index (χ1n) is 13.2. The third-order valence-corrected chi connectivity index (χ3v) is 7.46. The number of carbonyl (C=O) groups excluding carboxylic acids is 3. The minimum absolute atomic E-state index is 0.00638. The Hall–Kier alpha value is -2.95. The van der Waals surface area contributed by atoms with Crippen molar-refractivity contribution in [3.05, 3.63) is 29.8 Å². The van der Waals surface area contributed by atoms with Crippen LogP contribution >= 0.6 is 7.82 Å². The lowest BCUT2D eigenvalue weighted by molar-refractivity contribution is -0.140. The fourth-order valence-electron chi connectivity index (χ4n) is 5.10. The largest absolute Gasteiger partial charge is 0.524 e. The second-order valence-corrected chi connectivity index (χ2v) is 11.3. The van der Waals surface area contributed by atoms with Crippen molar-refractivity contribution in [3.63, 3.8) is 0 Å². The van der Waals surface area contributed by atoms with Gasteiger partial charge in [-0.15, -0.1) is 0 Å². The summed E-state index contributed by atoms with van der Waals surface area (Å²) in [7, 11) is -3.31. The molecule has 13 heteroatoms. The number of carboxylic acids is 1. The second-order valence-electron chi connectivity index (χ2n) is 10.1. The van der Waals surface area contributed by atoms with Crippen molar-refractivity contribution in [2.75, 3.05) is 7.05 Å². The fraction of sp³-hybridized carbons (Fsp3) is 0.615. The van der Waals surface area contributed by atoms with Gasteiger partial charge in [-0.2, -0.15) is 0 Å². The van der Waals surface area contributed by atoms with Gasteiger partial charge in [0.25, 0.3) is 0 Å². The molecule has 2 rings (SSSR count). The monoisotopic (exact) mass is 569 g/mol. The molecule has 1 fully saturated rings. The molecule has 1 aromatic rings. The first kappa shape index (κ1) is 32.3. The molecule has 1 saturated carbocycles.